The van der Waals surface area contributed by atoms with E-state index in [0.717, 1.165) is 0 Å². The molecule has 0 radical (unpaired) electrons. The number of methoxy groups -OCH3 is 2. The molecule has 0 aromatic heterocycles. The van der Waals surface area contributed by atoms with Crippen LogP contribution >= 0.6 is 11.6 Å². The summed E-state index contributed by atoms with van der Waals surface area (Å²) in [6.07, 6.45) is 0.960. The summed E-state index contributed by atoms with van der Waals surface area (Å²) in [5.74, 6) is 0.332. The lowest BCUT2D eigenvalue weighted by molar-refractivity contribution is -0.131. The van der Waals surface area contributed by atoms with Gasteiger partial charge in [-0.3, -0.25) is 9.59 Å². The smallest absolute Gasteiger partial charge is 0.240 e. The fourth-order valence-corrected chi connectivity index (χ4v) is 2.81. The number of ether oxygens (including phenoxy) is 2. The summed E-state index contributed by atoms with van der Waals surface area (Å²) in [5, 5.41) is 5.95. The average Bonchev–Trinajstić information content (AvgIpc) is 3.46. The molecule has 0 atom stereocenters. The summed E-state index contributed by atoms with van der Waals surface area (Å²) >= 11 is 6.07. The van der Waals surface area contributed by atoms with Gasteiger partial charge in [-0.1, -0.05) is 23.7 Å². The topological polar surface area (TPSA) is 76.7 Å². The monoisotopic (exact) mass is 374 g/mol. The molecule has 0 bridgehead atoms. The molecule has 1 aliphatic carbocycles. The van der Waals surface area contributed by atoms with Crippen LogP contribution in [0.1, 0.15) is 12.8 Å². The van der Waals surface area contributed by atoms with Crippen LogP contribution in [0.25, 0.3) is 0 Å². The Labute approximate surface area is 156 Å². The molecular formula is C19H19ClN2O4. The third-order valence-electron chi connectivity index (χ3n) is 4.40. The summed E-state index contributed by atoms with van der Waals surface area (Å²) in [4.78, 5) is 25.4. The van der Waals surface area contributed by atoms with Gasteiger partial charge >= 0.3 is 0 Å². The van der Waals surface area contributed by atoms with Crippen molar-refractivity contribution in [3.63, 3.8) is 0 Å². The van der Waals surface area contributed by atoms with Crippen molar-refractivity contribution in [1.82, 2.24) is 0 Å². The van der Waals surface area contributed by atoms with Crippen LogP contribution in [-0.4, -0.2) is 26.0 Å². The molecule has 0 spiro atoms. The van der Waals surface area contributed by atoms with Crippen LogP contribution in [0.5, 0.6) is 11.5 Å². The van der Waals surface area contributed by atoms with E-state index in [0.29, 0.717) is 40.7 Å². The van der Waals surface area contributed by atoms with E-state index in [-0.39, 0.29) is 11.8 Å². The molecule has 6 nitrogen and oxygen atoms in total. The van der Waals surface area contributed by atoms with Gasteiger partial charge in [-0.05, 0) is 37.1 Å². The Hall–Kier alpha value is -2.73. The summed E-state index contributed by atoms with van der Waals surface area (Å²) in [5.41, 5.74) is -0.125. The highest BCUT2D eigenvalue weighted by Gasteiger charge is 2.56. The molecule has 0 saturated heterocycles. The molecule has 3 rings (SSSR count). The number of hydrogen-bond acceptors (Lipinski definition) is 4. The number of hydrogen-bond donors (Lipinski definition) is 2. The molecule has 2 aromatic carbocycles. The van der Waals surface area contributed by atoms with Crippen LogP contribution in [0.15, 0.2) is 42.5 Å². The quantitative estimate of drug-likeness (QED) is 0.755. The first-order valence-corrected chi connectivity index (χ1v) is 8.47. The van der Waals surface area contributed by atoms with Crippen molar-refractivity contribution >= 4 is 34.8 Å². The molecule has 1 aliphatic rings. The molecular weight excluding hydrogens is 356 g/mol. The van der Waals surface area contributed by atoms with E-state index >= 15 is 0 Å². The molecule has 7 heteroatoms. The minimum Gasteiger partial charge on any atom is -0.497 e. The second-order valence-electron chi connectivity index (χ2n) is 6.04. The SMILES string of the molecule is COc1ccc(NC(=O)C2(C(=O)Nc3ccccc3Cl)CC2)c(OC)c1. The maximum Gasteiger partial charge on any atom is 0.240 e. The third kappa shape index (κ3) is 3.46. The third-order valence-corrected chi connectivity index (χ3v) is 4.73. The lowest BCUT2D eigenvalue weighted by atomic mass is 10.0. The number of rotatable bonds is 6. The van der Waals surface area contributed by atoms with Crippen LogP contribution in [0, 0.1) is 5.41 Å². The Morgan fingerprint density at radius 2 is 1.62 bits per heavy atom. The zero-order valence-electron chi connectivity index (χ0n) is 14.5. The first-order chi connectivity index (χ1) is 12.5. The molecule has 26 heavy (non-hydrogen) atoms. The van der Waals surface area contributed by atoms with Crippen molar-refractivity contribution in [3.05, 3.63) is 47.5 Å². The van der Waals surface area contributed by atoms with Gasteiger partial charge in [0.1, 0.15) is 16.9 Å². The summed E-state index contributed by atoms with van der Waals surface area (Å²) in [6, 6.07) is 12.0. The second kappa shape index (κ2) is 7.25. The Morgan fingerprint density at radius 1 is 0.962 bits per heavy atom. The average molecular weight is 375 g/mol. The van der Waals surface area contributed by atoms with Crippen molar-refractivity contribution < 1.29 is 19.1 Å². The number of carbonyl (C=O) groups is 2. The van der Waals surface area contributed by atoms with E-state index in [9.17, 15) is 9.59 Å². The van der Waals surface area contributed by atoms with Crippen molar-refractivity contribution in [2.45, 2.75) is 12.8 Å². The number of carbonyl (C=O) groups excluding carboxylic acids is 2. The first kappa shape index (κ1) is 18.1. The molecule has 2 amide bonds. The van der Waals surface area contributed by atoms with Gasteiger partial charge in [0.15, 0.2) is 0 Å². The highest BCUT2D eigenvalue weighted by Crippen LogP contribution is 2.48. The summed E-state index contributed by atoms with van der Waals surface area (Å²) in [6.45, 7) is 0. The molecule has 1 saturated carbocycles. The molecule has 2 N–H and O–H groups in total. The Bertz CT molecular complexity index is 849. The summed E-state index contributed by atoms with van der Waals surface area (Å²) < 4.78 is 10.4. The minimum absolute atomic E-state index is 0.365. The fraction of sp³-hybridized carbons (Fsp3) is 0.263. The predicted octanol–water partition coefficient (Wildman–Crippen LogP) is 3.71. The fourth-order valence-electron chi connectivity index (χ4n) is 2.63. The molecule has 0 aliphatic heterocycles. The lowest BCUT2D eigenvalue weighted by Crippen LogP contribution is -2.35. The van der Waals surface area contributed by atoms with Crippen LogP contribution in [0.4, 0.5) is 11.4 Å². The molecule has 0 unspecified atom stereocenters. The maximum atomic E-state index is 12.7. The van der Waals surface area contributed by atoms with E-state index in [1.165, 1.54) is 7.11 Å². The summed E-state index contributed by atoms with van der Waals surface area (Å²) in [7, 11) is 3.05. The number of amides is 2. The molecule has 0 heterocycles. The van der Waals surface area contributed by atoms with Gasteiger partial charge < -0.3 is 20.1 Å². The van der Waals surface area contributed by atoms with Crippen molar-refractivity contribution in [2.75, 3.05) is 24.9 Å². The van der Waals surface area contributed by atoms with Crippen molar-refractivity contribution in [1.29, 1.82) is 0 Å². The van der Waals surface area contributed by atoms with Crippen molar-refractivity contribution in [3.8, 4) is 11.5 Å². The highest BCUT2D eigenvalue weighted by atomic mass is 35.5. The van der Waals surface area contributed by atoms with Crippen LogP contribution < -0.4 is 20.1 Å². The molecule has 2 aromatic rings. The van der Waals surface area contributed by atoms with Gasteiger partial charge in [0.2, 0.25) is 11.8 Å². The zero-order valence-corrected chi connectivity index (χ0v) is 15.2. The predicted molar refractivity (Wildman–Crippen MR) is 99.9 cm³/mol. The number of para-hydroxylation sites is 1. The first-order valence-electron chi connectivity index (χ1n) is 8.09. The van der Waals surface area contributed by atoms with E-state index in [1.54, 1.807) is 49.6 Å². The Kier molecular flexibility index (Phi) is 5.04. The number of halogens is 1. The van der Waals surface area contributed by atoms with E-state index < -0.39 is 5.41 Å². The van der Waals surface area contributed by atoms with Crippen LogP contribution in [0.2, 0.25) is 5.02 Å². The van der Waals surface area contributed by atoms with Gasteiger partial charge in [0.05, 0.1) is 30.6 Å². The van der Waals surface area contributed by atoms with Crippen LogP contribution in [-0.2, 0) is 9.59 Å². The normalized spacial score (nSPS) is 14.3. The highest BCUT2D eigenvalue weighted by molar-refractivity contribution is 6.34. The van der Waals surface area contributed by atoms with Gasteiger partial charge in [0.25, 0.3) is 0 Å². The second-order valence-corrected chi connectivity index (χ2v) is 6.44. The Balaban J connectivity index is 1.75. The van der Waals surface area contributed by atoms with Crippen LogP contribution in [0.3, 0.4) is 0 Å². The largest absolute Gasteiger partial charge is 0.497 e. The van der Waals surface area contributed by atoms with Gasteiger partial charge in [-0.2, -0.15) is 0 Å². The standard InChI is InChI=1S/C19H19ClN2O4/c1-25-12-7-8-15(16(11-12)26-2)22-18(24)19(9-10-19)17(23)21-14-6-4-3-5-13(14)20/h3-8,11H,9-10H2,1-2H3,(H,21,23)(H,22,24). The number of nitrogens with one attached hydrogen (secondary N) is 2. The minimum atomic E-state index is -1.09. The van der Waals surface area contributed by atoms with E-state index in [4.69, 9.17) is 21.1 Å². The van der Waals surface area contributed by atoms with E-state index in [2.05, 4.69) is 10.6 Å². The Morgan fingerprint density at radius 3 is 2.19 bits per heavy atom. The van der Waals surface area contributed by atoms with Crippen molar-refractivity contribution in [2.24, 2.45) is 5.41 Å². The van der Waals surface area contributed by atoms with Gasteiger partial charge in [-0.15, -0.1) is 0 Å². The van der Waals surface area contributed by atoms with E-state index in [1.807, 2.05) is 0 Å². The number of benzene rings is 2. The molecule has 1 fully saturated rings. The van der Waals surface area contributed by atoms with Gasteiger partial charge in [-0.25, -0.2) is 0 Å². The maximum absolute atomic E-state index is 12.7. The lowest BCUT2D eigenvalue weighted by Gasteiger charge is -2.17. The zero-order chi connectivity index (χ0) is 18.7. The molecule has 136 valence electrons. The number of anilines is 2. The van der Waals surface area contributed by atoms with Gasteiger partial charge in [0, 0.05) is 6.07 Å².